The Morgan fingerprint density at radius 3 is 2.70 bits per heavy atom. The molecule has 20 heavy (non-hydrogen) atoms. The first kappa shape index (κ1) is 15.3. The Labute approximate surface area is 122 Å². The van der Waals surface area contributed by atoms with Gasteiger partial charge in [-0.25, -0.2) is 0 Å². The van der Waals surface area contributed by atoms with Crippen LogP contribution < -0.4 is 10.1 Å². The highest BCUT2D eigenvalue weighted by molar-refractivity contribution is 5.29. The average molecular weight is 277 g/mol. The van der Waals surface area contributed by atoms with Gasteiger partial charge in [0.1, 0.15) is 5.75 Å². The molecule has 112 valence electrons. The summed E-state index contributed by atoms with van der Waals surface area (Å²) in [7, 11) is 2.02. The maximum absolute atomic E-state index is 5.84. The molecule has 0 spiro atoms. The second-order valence-electron chi connectivity index (χ2n) is 5.48. The fourth-order valence-corrected chi connectivity index (χ4v) is 2.69. The molecule has 1 saturated heterocycles. The lowest BCUT2D eigenvalue weighted by atomic mass is 9.97. The van der Waals surface area contributed by atoms with Gasteiger partial charge in [-0.05, 0) is 56.8 Å². The highest BCUT2D eigenvalue weighted by Gasteiger charge is 2.19. The molecule has 0 bridgehead atoms. The summed E-state index contributed by atoms with van der Waals surface area (Å²) in [5.74, 6) is 0.958. The summed E-state index contributed by atoms with van der Waals surface area (Å²) in [4.78, 5) is 0. The van der Waals surface area contributed by atoms with Crippen molar-refractivity contribution in [3.05, 3.63) is 29.8 Å². The minimum atomic E-state index is 0.360. The number of hydrogen-bond acceptors (Lipinski definition) is 3. The first-order chi connectivity index (χ1) is 9.83. The first-order valence-corrected chi connectivity index (χ1v) is 7.85. The summed E-state index contributed by atoms with van der Waals surface area (Å²) in [6.45, 7) is 3.82. The first-order valence-electron chi connectivity index (χ1n) is 7.85. The van der Waals surface area contributed by atoms with E-state index in [1.807, 2.05) is 7.05 Å². The molecule has 3 heteroatoms. The van der Waals surface area contributed by atoms with Crippen molar-refractivity contribution < 1.29 is 9.47 Å². The van der Waals surface area contributed by atoms with E-state index >= 15 is 0 Å². The van der Waals surface area contributed by atoms with Crippen molar-refractivity contribution in [2.75, 3.05) is 20.3 Å². The molecule has 1 heterocycles. The number of nitrogens with one attached hydrogen (secondary N) is 1. The van der Waals surface area contributed by atoms with Crippen LogP contribution in [0.4, 0.5) is 0 Å². The van der Waals surface area contributed by atoms with Crippen molar-refractivity contribution in [2.24, 2.45) is 0 Å². The van der Waals surface area contributed by atoms with Gasteiger partial charge in [0.2, 0.25) is 0 Å². The Morgan fingerprint density at radius 2 is 2.10 bits per heavy atom. The fourth-order valence-electron chi connectivity index (χ4n) is 2.69. The predicted molar refractivity (Wildman–Crippen MR) is 82.2 cm³/mol. The van der Waals surface area contributed by atoms with Crippen LogP contribution in [0.15, 0.2) is 24.3 Å². The number of hydrogen-bond donors (Lipinski definition) is 1. The Balaban J connectivity index is 1.92. The lowest BCUT2D eigenvalue weighted by molar-refractivity contribution is 0.00548. The minimum absolute atomic E-state index is 0.360. The summed E-state index contributed by atoms with van der Waals surface area (Å²) >= 11 is 0. The number of ether oxygens (including phenoxy) is 2. The molecule has 1 aliphatic heterocycles. The van der Waals surface area contributed by atoms with Crippen LogP contribution in [0.2, 0.25) is 0 Å². The smallest absolute Gasteiger partial charge is 0.119 e. The van der Waals surface area contributed by atoms with Crippen molar-refractivity contribution in [3.63, 3.8) is 0 Å². The molecule has 2 unspecified atom stereocenters. The number of benzene rings is 1. The standard InChI is InChI=1S/C17H27NO2/c1-3-11-19-15-9-7-14(8-10-15)17(18-2)13-16-6-4-5-12-20-16/h7-10,16-18H,3-6,11-13H2,1-2H3. The van der Waals surface area contributed by atoms with E-state index in [0.29, 0.717) is 12.1 Å². The highest BCUT2D eigenvalue weighted by atomic mass is 16.5. The fraction of sp³-hybridized carbons (Fsp3) is 0.647. The maximum atomic E-state index is 5.84. The third-order valence-corrected chi connectivity index (χ3v) is 3.88. The monoisotopic (exact) mass is 277 g/mol. The summed E-state index contributed by atoms with van der Waals surface area (Å²) in [5.41, 5.74) is 1.31. The van der Waals surface area contributed by atoms with E-state index in [1.165, 1.54) is 24.8 Å². The van der Waals surface area contributed by atoms with E-state index < -0.39 is 0 Å². The molecule has 0 aliphatic carbocycles. The number of rotatable bonds is 7. The summed E-state index contributed by atoms with van der Waals surface area (Å²) in [5, 5.41) is 3.41. The van der Waals surface area contributed by atoms with Gasteiger partial charge in [-0.3, -0.25) is 0 Å². The molecule has 1 aromatic rings. The Morgan fingerprint density at radius 1 is 1.30 bits per heavy atom. The van der Waals surface area contributed by atoms with E-state index in [1.54, 1.807) is 0 Å². The maximum Gasteiger partial charge on any atom is 0.119 e. The zero-order valence-electron chi connectivity index (χ0n) is 12.7. The van der Waals surface area contributed by atoms with Gasteiger partial charge in [0, 0.05) is 12.6 Å². The molecule has 1 N–H and O–H groups in total. The van der Waals surface area contributed by atoms with Gasteiger partial charge in [-0.15, -0.1) is 0 Å². The van der Waals surface area contributed by atoms with E-state index in [2.05, 4.69) is 36.5 Å². The zero-order chi connectivity index (χ0) is 14.2. The van der Waals surface area contributed by atoms with Crippen molar-refractivity contribution in [1.82, 2.24) is 5.32 Å². The van der Waals surface area contributed by atoms with Crippen molar-refractivity contribution >= 4 is 0 Å². The van der Waals surface area contributed by atoms with Gasteiger partial charge in [0.15, 0.2) is 0 Å². The topological polar surface area (TPSA) is 30.5 Å². The van der Waals surface area contributed by atoms with E-state index in [9.17, 15) is 0 Å². The van der Waals surface area contributed by atoms with Gasteiger partial charge >= 0.3 is 0 Å². The van der Waals surface area contributed by atoms with Crippen LogP contribution in [0.25, 0.3) is 0 Å². The quantitative estimate of drug-likeness (QED) is 0.824. The molecule has 1 aliphatic rings. The third-order valence-electron chi connectivity index (χ3n) is 3.88. The van der Waals surface area contributed by atoms with Gasteiger partial charge in [0.05, 0.1) is 12.7 Å². The van der Waals surface area contributed by atoms with Crippen LogP contribution in [0.1, 0.15) is 50.6 Å². The molecule has 1 fully saturated rings. The molecule has 3 nitrogen and oxygen atoms in total. The molecule has 0 saturated carbocycles. The Bertz CT molecular complexity index is 371. The second-order valence-corrected chi connectivity index (χ2v) is 5.48. The lowest BCUT2D eigenvalue weighted by Gasteiger charge is -2.27. The summed E-state index contributed by atoms with van der Waals surface area (Å²) in [6.07, 6.45) is 6.19. The van der Waals surface area contributed by atoms with Crippen molar-refractivity contribution in [2.45, 2.75) is 51.2 Å². The van der Waals surface area contributed by atoms with Crippen LogP contribution in [0.5, 0.6) is 5.75 Å². The largest absolute Gasteiger partial charge is 0.494 e. The van der Waals surface area contributed by atoms with Crippen LogP contribution in [-0.2, 0) is 4.74 Å². The van der Waals surface area contributed by atoms with E-state index in [-0.39, 0.29) is 0 Å². The van der Waals surface area contributed by atoms with Crippen LogP contribution in [0.3, 0.4) is 0 Å². The lowest BCUT2D eigenvalue weighted by Crippen LogP contribution is -2.26. The van der Waals surface area contributed by atoms with Gasteiger partial charge in [-0.2, -0.15) is 0 Å². The zero-order valence-corrected chi connectivity index (χ0v) is 12.7. The predicted octanol–water partition coefficient (Wildman–Crippen LogP) is 3.70. The molecule has 0 aromatic heterocycles. The van der Waals surface area contributed by atoms with Gasteiger partial charge < -0.3 is 14.8 Å². The minimum Gasteiger partial charge on any atom is -0.494 e. The molecule has 1 aromatic carbocycles. The van der Waals surface area contributed by atoms with Gasteiger partial charge in [-0.1, -0.05) is 19.1 Å². The summed E-state index contributed by atoms with van der Waals surface area (Å²) < 4.78 is 11.5. The van der Waals surface area contributed by atoms with Crippen LogP contribution in [-0.4, -0.2) is 26.4 Å². The second kappa shape index (κ2) is 8.28. The SMILES string of the molecule is CCCOc1ccc(C(CC2CCCCO2)NC)cc1. The third kappa shape index (κ3) is 4.50. The Kier molecular flexibility index (Phi) is 6.34. The van der Waals surface area contributed by atoms with Crippen LogP contribution in [0, 0.1) is 0 Å². The van der Waals surface area contributed by atoms with Crippen molar-refractivity contribution in [1.29, 1.82) is 0 Å². The summed E-state index contributed by atoms with van der Waals surface area (Å²) in [6, 6.07) is 8.82. The van der Waals surface area contributed by atoms with E-state index in [0.717, 1.165) is 31.8 Å². The van der Waals surface area contributed by atoms with Gasteiger partial charge in [0.25, 0.3) is 0 Å². The molecule has 0 radical (unpaired) electrons. The Hall–Kier alpha value is -1.06. The molecule has 2 rings (SSSR count). The van der Waals surface area contributed by atoms with E-state index in [4.69, 9.17) is 9.47 Å². The molecule has 2 atom stereocenters. The van der Waals surface area contributed by atoms with Crippen LogP contribution >= 0.6 is 0 Å². The highest BCUT2D eigenvalue weighted by Crippen LogP contribution is 2.26. The average Bonchev–Trinajstić information content (AvgIpc) is 2.52. The van der Waals surface area contributed by atoms with Crippen molar-refractivity contribution in [3.8, 4) is 5.75 Å². The molecular formula is C17H27NO2. The normalized spacial score (nSPS) is 20.6. The molecule has 0 amide bonds. The molecular weight excluding hydrogens is 250 g/mol.